The second kappa shape index (κ2) is 4.64. The topological polar surface area (TPSA) is 50.3 Å². The largest absolute Gasteiger partial charge is 0.356 e. The normalized spacial score (nSPS) is 18.4. The van der Waals surface area contributed by atoms with Gasteiger partial charge in [0.05, 0.1) is 0 Å². The molecule has 0 aliphatic carbocycles. The fourth-order valence-corrected chi connectivity index (χ4v) is 2.97. The fourth-order valence-electron chi connectivity index (χ4n) is 2.13. The highest BCUT2D eigenvalue weighted by molar-refractivity contribution is 7.90. The van der Waals surface area contributed by atoms with E-state index in [1.807, 2.05) is 0 Å². The van der Waals surface area contributed by atoms with Crippen LogP contribution < -0.4 is 4.90 Å². The number of hydrogen-bond donors (Lipinski definition) is 0. The van der Waals surface area contributed by atoms with E-state index in [2.05, 4.69) is 16.8 Å². The van der Waals surface area contributed by atoms with Crippen molar-refractivity contribution in [2.45, 2.75) is 24.7 Å². The van der Waals surface area contributed by atoms with Crippen LogP contribution in [0.15, 0.2) is 23.2 Å². The summed E-state index contributed by atoms with van der Waals surface area (Å²) in [5, 5.41) is 0. The first kappa shape index (κ1) is 12.4. The van der Waals surface area contributed by atoms with Crippen LogP contribution >= 0.6 is 0 Å². The smallest absolute Gasteiger partial charge is 0.179 e. The van der Waals surface area contributed by atoms with Crippen LogP contribution in [0.25, 0.3) is 0 Å². The summed E-state index contributed by atoms with van der Waals surface area (Å²) in [6.45, 7) is 4.01. The maximum Gasteiger partial charge on any atom is 0.179 e. The molecule has 0 radical (unpaired) electrons. The van der Waals surface area contributed by atoms with Crippen LogP contribution in [-0.2, 0) is 9.84 Å². The third-order valence-corrected chi connectivity index (χ3v) is 4.35. The first-order valence-corrected chi connectivity index (χ1v) is 7.77. The Kier molecular flexibility index (Phi) is 3.38. The van der Waals surface area contributed by atoms with E-state index >= 15 is 0 Å². The molecule has 4 nitrogen and oxygen atoms in total. The number of piperidine rings is 1. The predicted molar refractivity (Wildman–Crippen MR) is 68.0 cm³/mol. The van der Waals surface area contributed by atoms with Gasteiger partial charge in [-0.3, -0.25) is 0 Å². The summed E-state index contributed by atoms with van der Waals surface area (Å²) in [6.07, 6.45) is 5.09. The second-order valence-corrected chi connectivity index (χ2v) is 6.75. The highest BCUT2D eigenvalue weighted by atomic mass is 32.2. The van der Waals surface area contributed by atoms with Gasteiger partial charge in [-0.25, -0.2) is 13.4 Å². The van der Waals surface area contributed by atoms with Crippen molar-refractivity contribution in [3.8, 4) is 0 Å². The summed E-state index contributed by atoms with van der Waals surface area (Å²) in [5.41, 5.74) is 0. The molecule has 1 saturated heterocycles. The lowest BCUT2D eigenvalue weighted by atomic mass is 9.99. The molecule has 94 valence electrons. The standard InChI is InChI=1S/C12H18N2O2S/c1-10-5-8-14(9-6-10)12-11(17(2,15)16)4-3-7-13-12/h3-4,7,10H,5-6,8-9H2,1-2H3. The maximum absolute atomic E-state index is 11.7. The molecule has 0 aromatic carbocycles. The van der Waals surface area contributed by atoms with Gasteiger partial charge in [0, 0.05) is 25.5 Å². The molecule has 5 heteroatoms. The van der Waals surface area contributed by atoms with Crippen LogP contribution in [0, 0.1) is 5.92 Å². The molecular formula is C12H18N2O2S. The van der Waals surface area contributed by atoms with Crippen LogP contribution in [0.3, 0.4) is 0 Å². The van der Waals surface area contributed by atoms with E-state index < -0.39 is 9.84 Å². The Morgan fingerprint density at radius 1 is 1.35 bits per heavy atom. The predicted octanol–water partition coefficient (Wildman–Crippen LogP) is 1.72. The molecule has 1 aliphatic rings. The van der Waals surface area contributed by atoms with Gasteiger partial charge in [-0.2, -0.15) is 0 Å². The second-order valence-electron chi connectivity index (χ2n) is 4.77. The minimum absolute atomic E-state index is 0.342. The fraction of sp³-hybridized carbons (Fsp3) is 0.583. The molecular weight excluding hydrogens is 236 g/mol. The van der Waals surface area contributed by atoms with Crippen molar-refractivity contribution in [3.63, 3.8) is 0 Å². The number of sulfone groups is 1. The third-order valence-electron chi connectivity index (χ3n) is 3.23. The minimum Gasteiger partial charge on any atom is -0.356 e. The van der Waals surface area contributed by atoms with Crippen LogP contribution in [0.2, 0.25) is 0 Å². The van der Waals surface area contributed by atoms with Gasteiger partial charge in [-0.1, -0.05) is 6.92 Å². The summed E-state index contributed by atoms with van der Waals surface area (Å²) in [4.78, 5) is 6.66. The summed E-state index contributed by atoms with van der Waals surface area (Å²) >= 11 is 0. The zero-order chi connectivity index (χ0) is 12.5. The van der Waals surface area contributed by atoms with Gasteiger partial charge in [0.2, 0.25) is 0 Å². The van der Waals surface area contributed by atoms with Gasteiger partial charge in [0.25, 0.3) is 0 Å². The van der Waals surface area contributed by atoms with Crippen molar-refractivity contribution in [2.24, 2.45) is 5.92 Å². The lowest BCUT2D eigenvalue weighted by Gasteiger charge is -2.32. The van der Waals surface area contributed by atoms with Gasteiger partial charge in [0.15, 0.2) is 9.84 Å². The van der Waals surface area contributed by atoms with Crippen LogP contribution in [0.4, 0.5) is 5.82 Å². The maximum atomic E-state index is 11.7. The summed E-state index contributed by atoms with van der Waals surface area (Å²) in [6, 6.07) is 3.31. The highest BCUT2D eigenvalue weighted by Crippen LogP contribution is 2.26. The van der Waals surface area contributed by atoms with Crippen LogP contribution in [-0.4, -0.2) is 32.7 Å². The number of nitrogens with zero attached hydrogens (tertiary/aromatic N) is 2. The Hall–Kier alpha value is -1.10. The zero-order valence-electron chi connectivity index (χ0n) is 10.3. The highest BCUT2D eigenvalue weighted by Gasteiger charge is 2.22. The quantitative estimate of drug-likeness (QED) is 0.806. The number of rotatable bonds is 2. The lowest BCUT2D eigenvalue weighted by molar-refractivity contribution is 0.435. The van der Waals surface area contributed by atoms with E-state index in [-0.39, 0.29) is 0 Å². The van der Waals surface area contributed by atoms with E-state index in [4.69, 9.17) is 0 Å². The zero-order valence-corrected chi connectivity index (χ0v) is 11.1. The van der Waals surface area contributed by atoms with Gasteiger partial charge in [-0.15, -0.1) is 0 Å². The molecule has 0 atom stereocenters. The molecule has 0 unspecified atom stereocenters. The molecule has 17 heavy (non-hydrogen) atoms. The van der Waals surface area contributed by atoms with Gasteiger partial charge in [-0.05, 0) is 30.9 Å². The Morgan fingerprint density at radius 2 is 2.00 bits per heavy atom. The lowest BCUT2D eigenvalue weighted by Crippen LogP contribution is -2.34. The molecule has 1 aromatic heterocycles. The molecule has 1 aromatic rings. The monoisotopic (exact) mass is 254 g/mol. The first-order chi connectivity index (χ1) is 7.98. The first-order valence-electron chi connectivity index (χ1n) is 5.88. The van der Waals surface area contributed by atoms with Crippen molar-refractivity contribution in [1.82, 2.24) is 4.98 Å². The minimum atomic E-state index is -3.20. The Morgan fingerprint density at radius 3 is 2.59 bits per heavy atom. The van der Waals surface area contributed by atoms with Crippen molar-refractivity contribution < 1.29 is 8.42 Å². The van der Waals surface area contributed by atoms with Crippen molar-refractivity contribution in [3.05, 3.63) is 18.3 Å². The van der Waals surface area contributed by atoms with Crippen LogP contribution in [0.5, 0.6) is 0 Å². The van der Waals surface area contributed by atoms with E-state index in [0.717, 1.165) is 31.8 Å². The Balaban J connectivity index is 2.33. The number of pyridine rings is 1. The van der Waals surface area contributed by atoms with Gasteiger partial charge >= 0.3 is 0 Å². The van der Waals surface area contributed by atoms with Crippen LogP contribution in [0.1, 0.15) is 19.8 Å². The van der Waals surface area contributed by atoms with E-state index in [9.17, 15) is 8.42 Å². The van der Waals surface area contributed by atoms with Gasteiger partial charge < -0.3 is 4.90 Å². The molecule has 0 amide bonds. The summed E-state index contributed by atoms with van der Waals surface area (Å²) in [7, 11) is -3.20. The Bertz CT molecular complexity index is 491. The SMILES string of the molecule is CC1CCN(c2ncccc2S(C)(=O)=O)CC1. The molecule has 0 bridgehead atoms. The molecule has 0 saturated carbocycles. The molecule has 2 heterocycles. The third kappa shape index (κ3) is 2.77. The number of hydrogen-bond acceptors (Lipinski definition) is 4. The van der Waals surface area contributed by atoms with E-state index in [1.54, 1.807) is 18.3 Å². The van der Waals surface area contributed by atoms with E-state index in [1.165, 1.54) is 6.26 Å². The average Bonchev–Trinajstić information content (AvgIpc) is 2.29. The van der Waals surface area contributed by atoms with Crippen molar-refractivity contribution >= 4 is 15.7 Å². The van der Waals surface area contributed by atoms with Gasteiger partial charge in [0.1, 0.15) is 10.7 Å². The molecule has 1 aliphatic heterocycles. The van der Waals surface area contributed by atoms with E-state index in [0.29, 0.717) is 10.7 Å². The average molecular weight is 254 g/mol. The molecule has 2 rings (SSSR count). The summed E-state index contributed by atoms with van der Waals surface area (Å²) in [5.74, 6) is 1.33. The number of anilines is 1. The number of aromatic nitrogens is 1. The summed E-state index contributed by atoms with van der Waals surface area (Å²) < 4.78 is 23.4. The molecule has 1 fully saturated rings. The molecule has 0 N–H and O–H groups in total. The van der Waals surface area contributed by atoms with Crippen molar-refractivity contribution in [2.75, 3.05) is 24.2 Å². The van der Waals surface area contributed by atoms with Crippen molar-refractivity contribution in [1.29, 1.82) is 0 Å². The Labute approximate surface area is 103 Å². The molecule has 0 spiro atoms.